The van der Waals surface area contributed by atoms with Gasteiger partial charge >= 0.3 is 5.97 Å². The summed E-state index contributed by atoms with van der Waals surface area (Å²) in [5, 5.41) is 3.17. The van der Waals surface area contributed by atoms with Gasteiger partial charge in [-0.3, -0.25) is 4.79 Å². The fourth-order valence-corrected chi connectivity index (χ4v) is 4.72. The monoisotopic (exact) mass is 425 g/mol. The summed E-state index contributed by atoms with van der Waals surface area (Å²) in [5.74, 6) is -0.576. The fourth-order valence-electron chi connectivity index (χ4n) is 3.14. The number of rotatable bonds is 6. The number of benzene rings is 1. The van der Waals surface area contributed by atoms with Crippen LogP contribution in [0.5, 0.6) is 5.75 Å². The molecule has 0 radical (unpaired) electrons. The molecule has 2 aromatic rings. The molecule has 3 rings (SSSR count). The van der Waals surface area contributed by atoms with Crippen LogP contribution in [0.25, 0.3) is 0 Å². The van der Waals surface area contributed by atoms with E-state index in [2.05, 4.69) is 12.2 Å². The number of carbonyl (C=O) groups is 2. The van der Waals surface area contributed by atoms with Gasteiger partial charge in [0.15, 0.2) is 6.61 Å². The Morgan fingerprint density at radius 1 is 1.39 bits per heavy atom. The first kappa shape index (κ1) is 20.6. The first-order chi connectivity index (χ1) is 13.4. The van der Waals surface area contributed by atoms with E-state index in [0.717, 1.165) is 29.7 Å². The highest BCUT2D eigenvalue weighted by Crippen LogP contribution is 2.40. The Balaban J connectivity index is 1.74. The van der Waals surface area contributed by atoms with Gasteiger partial charge in [-0.2, -0.15) is 0 Å². The summed E-state index contributed by atoms with van der Waals surface area (Å²) < 4.78 is 23.8. The van der Waals surface area contributed by atoms with Crippen molar-refractivity contribution in [3.63, 3.8) is 0 Å². The van der Waals surface area contributed by atoms with E-state index >= 15 is 0 Å². The minimum Gasteiger partial charge on any atom is -0.484 e. The lowest BCUT2D eigenvalue weighted by Crippen LogP contribution is -2.21. The minimum atomic E-state index is -0.559. The van der Waals surface area contributed by atoms with Crippen LogP contribution < -0.4 is 10.1 Å². The molecule has 1 atom stereocenters. The van der Waals surface area contributed by atoms with Crippen LogP contribution in [-0.2, 0) is 22.4 Å². The number of esters is 1. The lowest BCUT2D eigenvalue weighted by Gasteiger charge is -2.18. The number of anilines is 1. The third-order valence-corrected chi connectivity index (χ3v) is 5.96. The Labute approximate surface area is 171 Å². The lowest BCUT2D eigenvalue weighted by molar-refractivity contribution is -0.118. The zero-order chi connectivity index (χ0) is 20.3. The van der Waals surface area contributed by atoms with Crippen LogP contribution in [0, 0.1) is 11.7 Å². The Hall–Kier alpha value is -2.12. The molecule has 150 valence electrons. The average Bonchev–Trinajstić information content (AvgIpc) is 2.99. The van der Waals surface area contributed by atoms with E-state index < -0.39 is 17.7 Å². The van der Waals surface area contributed by atoms with Gasteiger partial charge in [0.1, 0.15) is 16.6 Å². The highest BCUT2D eigenvalue weighted by atomic mass is 35.5. The summed E-state index contributed by atoms with van der Waals surface area (Å²) in [6, 6.07) is 3.87. The molecule has 1 aromatic heterocycles. The number of carbonyl (C=O) groups excluding carboxylic acids is 2. The number of hydrogen-bond acceptors (Lipinski definition) is 5. The van der Waals surface area contributed by atoms with Gasteiger partial charge in [0.05, 0.1) is 17.2 Å². The van der Waals surface area contributed by atoms with E-state index in [-0.39, 0.29) is 24.0 Å². The fraction of sp³-hybridized carbons (Fsp3) is 0.400. The van der Waals surface area contributed by atoms with Crippen molar-refractivity contribution in [2.24, 2.45) is 5.92 Å². The molecule has 0 saturated carbocycles. The summed E-state index contributed by atoms with van der Waals surface area (Å²) in [6.45, 7) is 3.90. The van der Waals surface area contributed by atoms with Gasteiger partial charge in [-0.25, -0.2) is 9.18 Å². The van der Waals surface area contributed by atoms with Crippen LogP contribution in [0.15, 0.2) is 18.2 Å². The van der Waals surface area contributed by atoms with E-state index in [1.165, 1.54) is 29.5 Å². The molecule has 1 N–H and O–H groups in total. The number of hydrogen-bond donors (Lipinski definition) is 1. The van der Waals surface area contributed by atoms with Crippen molar-refractivity contribution in [3.8, 4) is 5.75 Å². The normalized spacial score (nSPS) is 15.6. The molecule has 0 bridgehead atoms. The summed E-state index contributed by atoms with van der Waals surface area (Å²) in [4.78, 5) is 25.9. The second-order valence-electron chi connectivity index (χ2n) is 6.69. The summed E-state index contributed by atoms with van der Waals surface area (Å²) >= 11 is 7.12. The summed E-state index contributed by atoms with van der Waals surface area (Å²) in [5.41, 5.74) is 1.43. The Bertz CT molecular complexity index is 899. The zero-order valence-electron chi connectivity index (χ0n) is 15.6. The molecule has 1 unspecified atom stereocenters. The molecule has 1 aliphatic carbocycles. The summed E-state index contributed by atoms with van der Waals surface area (Å²) in [6.07, 6.45) is 2.67. The molecule has 0 aliphatic heterocycles. The van der Waals surface area contributed by atoms with Crippen LogP contribution in [0.1, 0.15) is 41.1 Å². The Morgan fingerprint density at radius 3 is 2.89 bits per heavy atom. The first-order valence-electron chi connectivity index (χ1n) is 9.08. The third kappa shape index (κ3) is 4.64. The Morgan fingerprint density at radius 2 is 2.18 bits per heavy atom. The quantitative estimate of drug-likeness (QED) is 0.671. The SMILES string of the molecule is CCOC(=O)c1c(NC(=O)COc2ccc(F)c(Cl)c2)sc2c1CCC(C)C2. The molecule has 0 spiro atoms. The topological polar surface area (TPSA) is 64.6 Å². The molecule has 1 aliphatic rings. The maximum atomic E-state index is 13.2. The van der Waals surface area contributed by atoms with Crippen molar-refractivity contribution >= 4 is 39.8 Å². The second kappa shape index (κ2) is 8.92. The number of halogens is 2. The van der Waals surface area contributed by atoms with Gasteiger partial charge in [-0.1, -0.05) is 18.5 Å². The molecule has 5 nitrogen and oxygen atoms in total. The maximum Gasteiger partial charge on any atom is 0.341 e. The maximum absolute atomic E-state index is 13.2. The summed E-state index contributed by atoms with van der Waals surface area (Å²) in [7, 11) is 0. The Kier molecular flexibility index (Phi) is 6.57. The van der Waals surface area contributed by atoms with E-state index in [4.69, 9.17) is 21.1 Å². The van der Waals surface area contributed by atoms with Crippen LogP contribution in [0.3, 0.4) is 0 Å². The first-order valence-corrected chi connectivity index (χ1v) is 10.3. The minimum absolute atomic E-state index is 0.0810. The standard InChI is InChI=1S/C20H21ClFNO4S/c1-3-26-20(25)18-13-6-4-11(2)8-16(13)28-19(18)23-17(24)10-27-12-5-7-15(22)14(21)9-12/h5,7,9,11H,3-4,6,8,10H2,1-2H3,(H,23,24). The number of nitrogens with one attached hydrogen (secondary N) is 1. The molecular formula is C20H21ClFNO4S. The number of amides is 1. The van der Waals surface area contributed by atoms with Gasteiger partial charge < -0.3 is 14.8 Å². The highest BCUT2D eigenvalue weighted by Gasteiger charge is 2.29. The molecule has 0 saturated heterocycles. The highest BCUT2D eigenvalue weighted by molar-refractivity contribution is 7.17. The van der Waals surface area contributed by atoms with E-state index in [1.807, 2.05) is 0 Å². The molecule has 1 aromatic carbocycles. The zero-order valence-corrected chi connectivity index (χ0v) is 17.2. The van der Waals surface area contributed by atoms with Crippen LogP contribution in [0.4, 0.5) is 9.39 Å². The van der Waals surface area contributed by atoms with E-state index in [0.29, 0.717) is 16.5 Å². The van der Waals surface area contributed by atoms with Crippen molar-refractivity contribution in [3.05, 3.63) is 45.0 Å². The number of thiophene rings is 1. The van der Waals surface area contributed by atoms with Crippen molar-refractivity contribution in [1.82, 2.24) is 0 Å². The predicted molar refractivity (Wildman–Crippen MR) is 107 cm³/mol. The second-order valence-corrected chi connectivity index (χ2v) is 8.20. The number of fused-ring (bicyclic) bond motifs is 1. The van der Waals surface area contributed by atoms with Gasteiger partial charge in [0, 0.05) is 10.9 Å². The van der Waals surface area contributed by atoms with Crippen molar-refractivity contribution in [2.45, 2.75) is 33.1 Å². The van der Waals surface area contributed by atoms with Crippen molar-refractivity contribution in [2.75, 3.05) is 18.5 Å². The third-order valence-electron chi connectivity index (χ3n) is 4.51. The molecule has 8 heteroatoms. The average molecular weight is 426 g/mol. The van der Waals surface area contributed by atoms with Crippen molar-refractivity contribution in [1.29, 1.82) is 0 Å². The van der Waals surface area contributed by atoms with Gasteiger partial charge in [0.25, 0.3) is 5.91 Å². The van der Waals surface area contributed by atoms with Crippen molar-refractivity contribution < 1.29 is 23.5 Å². The molecular weight excluding hydrogens is 405 g/mol. The smallest absolute Gasteiger partial charge is 0.341 e. The van der Waals surface area contributed by atoms with Gasteiger partial charge in [-0.05, 0) is 49.8 Å². The van der Waals surface area contributed by atoms with Gasteiger partial charge in [0.2, 0.25) is 0 Å². The number of ether oxygens (including phenoxy) is 2. The predicted octanol–water partition coefficient (Wildman–Crippen LogP) is 4.86. The lowest BCUT2D eigenvalue weighted by atomic mass is 9.88. The molecule has 1 amide bonds. The van der Waals surface area contributed by atoms with Crippen LogP contribution in [0.2, 0.25) is 5.02 Å². The van der Waals surface area contributed by atoms with E-state index in [1.54, 1.807) is 6.92 Å². The van der Waals surface area contributed by atoms with Gasteiger partial charge in [-0.15, -0.1) is 11.3 Å². The largest absolute Gasteiger partial charge is 0.484 e. The molecule has 1 heterocycles. The molecule has 0 fully saturated rings. The van der Waals surface area contributed by atoms with Crippen LogP contribution >= 0.6 is 22.9 Å². The molecule has 28 heavy (non-hydrogen) atoms. The van der Waals surface area contributed by atoms with E-state index in [9.17, 15) is 14.0 Å². The van der Waals surface area contributed by atoms with Crippen LogP contribution in [-0.4, -0.2) is 25.1 Å².